The van der Waals surface area contributed by atoms with Gasteiger partial charge in [-0.05, 0) is 12.8 Å². The van der Waals surface area contributed by atoms with Crippen molar-refractivity contribution in [2.24, 2.45) is 0 Å². The summed E-state index contributed by atoms with van der Waals surface area (Å²) in [7, 11) is 0. The van der Waals surface area contributed by atoms with Crippen molar-refractivity contribution in [2.45, 2.75) is 63.1 Å². The Bertz CT molecular complexity index is 277. The molecule has 2 heterocycles. The first-order valence-electron chi connectivity index (χ1n) is 6.56. The second-order valence-electron chi connectivity index (χ2n) is 5.12. The van der Waals surface area contributed by atoms with Crippen molar-refractivity contribution in [3.05, 3.63) is 0 Å². The molecule has 1 N–H and O–H groups in total. The van der Waals surface area contributed by atoms with E-state index in [-0.39, 0.29) is 12.5 Å². The molecule has 0 bridgehead atoms. The summed E-state index contributed by atoms with van der Waals surface area (Å²) in [5.74, 6) is -1.02. The summed E-state index contributed by atoms with van der Waals surface area (Å²) < 4.78 is 49.9. The lowest BCUT2D eigenvalue weighted by atomic mass is 9.89. The summed E-state index contributed by atoms with van der Waals surface area (Å²) in [5.41, 5.74) is 0. The molecular weight excluding hydrogens is 247 g/mol. The Kier molecular flexibility index (Phi) is 4.18. The monoisotopic (exact) mass is 267 g/mol. The third kappa shape index (κ3) is 3.16. The van der Waals surface area contributed by atoms with Crippen LogP contribution >= 0.6 is 0 Å². The number of ether oxygens (including phenoxy) is 2. The van der Waals surface area contributed by atoms with E-state index in [0.29, 0.717) is 26.1 Å². The fourth-order valence-corrected chi connectivity index (χ4v) is 2.77. The van der Waals surface area contributed by atoms with E-state index in [2.05, 4.69) is 5.32 Å². The molecule has 6 heteroatoms. The molecule has 2 atom stereocenters. The van der Waals surface area contributed by atoms with Crippen molar-refractivity contribution in [1.82, 2.24) is 5.32 Å². The molecule has 0 amide bonds. The highest BCUT2D eigenvalue weighted by atomic mass is 19.4. The molecule has 2 aliphatic heterocycles. The highest BCUT2D eigenvalue weighted by Gasteiger charge is 2.52. The first kappa shape index (κ1) is 14.1. The molecule has 0 radical (unpaired) electrons. The van der Waals surface area contributed by atoms with Gasteiger partial charge in [0, 0.05) is 18.9 Å². The van der Waals surface area contributed by atoms with Crippen LogP contribution in [0.5, 0.6) is 0 Å². The largest absolute Gasteiger partial charge is 0.404 e. The number of hydrogen-bond acceptors (Lipinski definition) is 3. The summed E-state index contributed by atoms with van der Waals surface area (Å²) in [6, 6.07) is -1.71. The van der Waals surface area contributed by atoms with E-state index < -0.39 is 18.0 Å². The van der Waals surface area contributed by atoms with Crippen LogP contribution in [0.25, 0.3) is 0 Å². The summed E-state index contributed by atoms with van der Waals surface area (Å²) in [5, 5.41) is 2.68. The molecule has 106 valence electrons. The van der Waals surface area contributed by atoms with Gasteiger partial charge in [0.2, 0.25) is 0 Å². The van der Waals surface area contributed by atoms with E-state index in [9.17, 15) is 13.2 Å². The van der Waals surface area contributed by atoms with E-state index >= 15 is 0 Å². The van der Waals surface area contributed by atoms with Crippen LogP contribution in [-0.2, 0) is 9.47 Å². The van der Waals surface area contributed by atoms with Gasteiger partial charge in [0.15, 0.2) is 5.79 Å². The van der Waals surface area contributed by atoms with Gasteiger partial charge in [0.05, 0.1) is 13.2 Å². The Labute approximate surface area is 105 Å². The maximum Gasteiger partial charge on any atom is 0.404 e. The zero-order chi connectivity index (χ0) is 13.2. The van der Waals surface area contributed by atoms with Crippen LogP contribution in [0, 0.1) is 0 Å². The summed E-state index contributed by atoms with van der Waals surface area (Å²) in [6.45, 7) is 2.95. The maximum atomic E-state index is 12.9. The lowest BCUT2D eigenvalue weighted by Gasteiger charge is -2.46. The Morgan fingerprint density at radius 2 is 1.89 bits per heavy atom. The molecule has 0 unspecified atom stereocenters. The Morgan fingerprint density at radius 1 is 1.22 bits per heavy atom. The lowest BCUT2D eigenvalue weighted by molar-refractivity contribution is -0.302. The van der Waals surface area contributed by atoms with Gasteiger partial charge in [-0.15, -0.1) is 0 Å². The van der Waals surface area contributed by atoms with E-state index in [1.54, 1.807) is 0 Å². The molecule has 3 nitrogen and oxygen atoms in total. The Morgan fingerprint density at radius 3 is 2.44 bits per heavy atom. The molecule has 1 spiro atoms. The Hall–Kier alpha value is -0.330. The summed E-state index contributed by atoms with van der Waals surface area (Å²) >= 11 is 0. The first-order chi connectivity index (χ1) is 8.45. The third-order valence-electron chi connectivity index (χ3n) is 3.56. The molecule has 0 aromatic rings. The third-order valence-corrected chi connectivity index (χ3v) is 3.56. The fraction of sp³-hybridized carbons (Fsp3) is 1.00. The van der Waals surface area contributed by atoms with Crippen molar-refractivity contribution in [3.63, 3.8) is 0 Å². The minimum Gasteiger partial charge on any atom is -0.350 e. The van der Waals surface area contributed by atoms with Gasteiger partial charge in [-0.25, -0.2) is 0 Å². The van der Waals surface area contributed by atoms with Crippen LogP contribution in [0.4, 0.5) is 13.2 Å². The Balaban J connectivity index is 2.10. The normalized spacial score (nSPS) is 32.7. The molecular formula is C12H20F3NO2. The predicted molar refractivity (Wildman–Crippen MR) is 60.2 cm³/mol. The second kappa shape index (κ2) is 5.35. The SMILES string of the molecule is CCC[C@@H]1CC2(C[C@H](C(F)(F)F)N1)OCCCO2. The lowest BCUT2D eigenvalue weighted by Crippen LogP contribution is -2.61. The zero-order valence-electron chi connectivity index (χ0n) is 10.6. The van der Waals surface area contributed by atoms with Crippen LogP contribution in [0.1, 0.15) is 39.0 Å². The summed E-state index contributed by atoms with van der Waals surface area (Å²) in [6.07, 6.45) is -1.57. The van der Waals surface area contributed by atoms with Crippen molar-refractivity contribution < 1.29 is 22.6 Å². The van der Waals surface area contributed by atoms with Gasteiger partial charge in [0.1, 0.15) is 6.04 Å². The molecule has 18 heavy (non-hydrogen) atoms. The van der Waals surface area contributed by atoms with Gasteiger partial charge in [-0.1, -0.05) is 13.3 Å². The molecule has 0 saturated carbocycles. The molecule has 0 aromatic heterocycles. The average Bonchev–Trinajstić information content (AvgIpc) is 2.28. The van der Waals surface area contributed by atoms with Gasteiger partial charge in [-0.2, -0.15) is 13.2 Å². The predicted octanol–water partition coefficient (Wildman–Crippen LogP) is 2.60. The van der Waals surface area contributed by atoms with E-state index in [4.69, 9.17) is 9.47 Å². The minimum absolute atomic E-state index is 0.142. The highest BCUT2D eigenvalue weighted by molar-refractivity contribution is 4.95. The molecule has 2 saturated heterocycles. The quantitative estimate of drug-likeness (QED) is 0.834. The molecule has 2 rings (SSSR count). The number of piperidine rings is 1. The van der Waals surface area contributed by atoms with Gasteiger partial charge in [0.25, 0.3) is 0 Å². The number of rotatable bonds is 2. The number of alkyl halides is 3. The molecule has 2 fully saturated rings. The topological polar surface area (TPSA) is 30.5 Å². The smallest absolute Gasteiger partial charge is 0.350 e. The molecule has 2 aliphatic rings. The summed E-state index contributed by atoms with van der Waals surface area (Å²) in [4.78, 5) is 0. The van der Waals surface area contributed by atoms with Crippen molar-refractivity contribution >= 4 is 0 Å². The standard InChI is InChI=1S/C12H20F3NO2/c1-2-4-9-7-11(17-5-3-6-18-11)8-10(16-9)12(13,14)15/h9-10,16H,2-8H2,1H3/t9-,10-/m1/s1. The second-order valence-corrected chi connectivity index (χ2v) is 5.12. The number of nitrogens with one attached hydrogen (secondary N) is 1. The zero-order valence-corrected chi connectivity index (χ0v) is 10.6. The minimum atomic E-state index is -4.25. The van der Waals surface area contributed by atoms with Gasteiger partial charge >= 0.3 is 6.18 Å². The van der Waals surface area contributed by atoms with Gasteiger partial charge < -0.3 is 14.8 Å². The molecule has 0 aliphatic carbocycles. The van der Waals surface area contributed by atoms with Gasteiger partial charge in [-0.3, -0.25) is 0 Å². The van der Waals surface area contributed by atoms with Crippen LogP contribution < -0.4 is 5.32 Å². The maximum absolute atomic E-state index is 12.9. The highest BCUT2D eigenvalue weighted by Crippen LogP contribution is 2.38. The van der Waals surface area contributed by atoms with E-state index in [1.807, 2.05) is 6.92 Å². The van der Waals surface area contributed by atoms with Crippen LogP contribution in [-0.4, -0.2) is 37.3 Å². The number of halogens is 3. The molecule has 0 aromatic carbocycles. The average molecular weight is 267 g/mol. The van der Waals surface area contributed by atoms with E-state index in [0.717, 1.165) is 12.8 Å². The van der Waals surface area contributed by atoms with Crippen LogP contribution in [0.3, 0.4) is 0 Å². The fourth-order valence-electron chi connectivity index (χ4n) is 2.77. The van der Waals surface area contributed by atoms with Crippen molar-refractivity contribution in [2.75, 3.05) is 13.2 Å². The van der Waals surface area contributed by atoms with Crippen LogP contribution in [0.15, 0.2) is 0 Å². The van der Waals surface area contributed by atoms with Crippen molar-refractivity contribution in [1.29, 1.82) is 0 Å². The van der Waals surface area contributed by atoms with E-state index in [1.165, 1.54) is 0 Å². The first-order valence-corrected chi connectivity index (χ1v) is 6.56. The van der Waals surface area contributed by atoms with Crippen molar-refractivity contribution in [3.8, 4) is 0 Å². The van der Waals surface area contributed by atoms with Crippen LogP contribution in [0.2, 0.25) is 0 Å². The number of hydrogen-bond donors (Lipinski definition) is 1.